The first kappa shape index (κ1) is 11.2. The maximum atomic E-state index is 10.8. The van der Waals surface area contributed by atoms with Gasteiger partial charge >= 0.3 is 5.97 Å². The molecule has 4 N–H and O–H groups in total. The minimum atomic E-state index is -1.26. The van der Waals surface area contributed by atoms with Crippen molar-refractivity contribution in [1.82, 2.24) is 0 Å². The first-order valence-electron chi connectivity index (χ1n) is 4.37. The summed E-state index contributed by atoms with van der Waals surface area (Å²) in [5.74, 6) is -3.45. The third-order valence-electron chi connectivity index (χ3n) is 2.10. The van der Waals surface area contributed by atoms with Crippen LogP contribution in [0.5, 0.6) is 17.2 Å². The molecule has 15 heavy (non-hydrogen) atoms. The zero-order chi connectivity index (χ0) is 11.7. The van der Waals surface area contributed by atoms with E-state index in [1.165, 1.54) is 0 Å². The van der Waals surface area contributed by atoms with E-state index in [1.54, 1.807) is 13.8 Å². The first-order valence-corrected chi connectivity index (χ1v) is 4.37. The van der Waals surface area contributed by atoms with Gasteiger partial charge in [0.2, 0.25) is 5.75 Å². The molecular formula is C10H12O5. The van der Waals surface area contributed by atoms with Crippen molar-refractivity contribution in [2.75, 3.05) is 0 Å². The van der Waals surface area contributed by atoms with Crippen LogP contribution in [0.25, 0.3) is 0 Å². The van der Waals surface area contributed by atoms with Gasteiger partial charge in [-0.3, -0.25) is 0 Å². The Kier molecular flexibility index (Phi) is 2.74. The molecule has 0 atom stereocenters. The number of aromatic hydroxyl groups is 3. The Balaban J connectivity index is 3.58. The molecule has 1 aromatic carbocycles. The molecule has 1 rings (SSSR count). The van der Waals surface area contributed by atoms with Crippen molar-refractivity contribution < 1.29 is 25.2 Å². The van der Waals surface area contributed by atoms with Gasteiger partial charge in [-0.15, -0.1) is 0 Å². The van der Waals surface area contributed by atoms with Gasteiger partial charge in [0, 0.05) is 5.56 Å². The Morgan fingerprint density at radius 2 is 1.73 bits per heavy atom. The smallest absolute Gasteiger partial charge is 0.336 e. The Bertz CT molecular complexity index is 409. The van der Waals surface area contributed by atoms with Gasteiger partial charge in [0.25, 0.3) is 0 Å². The van der Waals surface area contributed by atoms with Crippen molar-refractivity contribution in [2.24, 2.45) is 0 Å². The number of carboxylic acid groups (broad SMARTS) is 1. The third-order valence-corrected chi connectivity index (χ3v) is 2.10. The van der Waals surface area contributed by atoms with E-state index in [9.17, 15) is 15.0 Å². The van der Waals surface area contributed by atoms with E-state index in [1.807, 2.05) is 0 Å². The average molecular weight is 212 g/mol. The highest BCUT2D eigenvalue weighted by atomic mass is 16.4. The molecule has 5 nitrogen and oxygen atoms in total. The van der Waals surface area contributed by atoms with Crippen LogP contribution in [0.1, 0.15) is 35.7 Å². The van der Waals surface area contributed by atoms with Crippen molar-refractivity contribution in [3.05, 3.63) is 17.2 Å². The van der Waals surface area contributed by atoms with Crippen molar-refractivity contribution in [2.45, 2.75) is 19.8 Å². The van der Waals surface area contributed by atoms with Crippen molar-refractivity contribution >= 4 is 5.97 Å². The molecule has 0 aliphatic carbocycles. The zero-order valence-corrected chi connectivity index (χ0v) is 8.35. The zero-order valence-electron chi connectivity index (χ0n) is 8.35. The van der Waals surface area contributed by atoms with Crippen LogP contribution in [-0.2, 0) is 0 Å². The van der Waals surface area contributed by atoms with E-state index in [4.69, 9.17) is 10.2 Å². The predicted octanol–water partition coefficient (Wildman–Crippen LogP) is 1.63. The molecule has 0 aliphatic rings. The molecule has 0 aliphatic heterocycles. The van der Waals surface area contributed by atoms with Crippen molar-refractivity contribution in [1.29, 1.82) is 0 Å². The van der Waals surface area contributed by atoms with Crippen LogP contribution in [0.2, 0.25) is 0 Å². The number of rotatable bonds is 2. The maximum absolute atomic E-state index is 10.8. The third kappa shape index (κ3) is 1.81. The highest BCUT2D eigenvalue weighted by molar-refractivity contribution is 5.92. The SMILES string of the molecule is CC(C)c1c(C(=O)O)cc(O)c(O)c1O. The van der Waals surface area contributed by atoms with Crippen LogP contribution in [0.15, 0.2) is 6.07 Å². The van der Waals surface area contributed by atoms with Gasteiger partial charge in [0.15, 0.2) is 11.5 Å². The summed E-state index contributed by atoms with van der Waals surface area (Å²) >= 11 is 0. The maximum Gasteiger partial charge on any atom is 0.336 e. The lowest BCUT2D eigenvalue weighted by atomic mass is 9.95. The van der Waals surface area contributed by atoms with Crippen LogP contribution < -0.4 is 0 Å². The number of aromatic carboxylic acids is 1. The fraction of sp³-hybridized carbons (Fsp3) is 0.300. The fourth-order valence-electron chi connectivity index (χ4n) is 1.42. The van der Waals surface area contributed by atoms with Gasteiger partial charge in [-0.1, -0.05) is 13.8 Å². The highest BCUT2D eigenvalue weighted by Crippen LogP contribution is 2.42. The van der Waals surface area contributed by atoms with Gasteiger partial charge in [-0.25, -0.2) is 4.79 Å². The largest absolute Gasteiger partial charge is 0.504 e. The molecule has 0 bridgehead atoms. The summed E-state index contributed by atoms with van der Waals surface area (Å²) in [5.41, 5.74) is -0.101. The second kappa shape index (κ2) is 3.68. The molecular weight excluding hydrogens is 200 g/mol. The fourth-order valence-corrected chi connectivity index (χ4v) is 1.42. The van der Waals surface area contributed by atoms with Crippen LogP contribution in [0.4, 0.5) is 0 Å². The summed E-state index contributed by atoms with van der Waals surface area (Å²) in [6, 6.07) is 0.923. The molecule has 0 aromatic heterocycles. The van der Waals surface area contributed by atoms with Gasteiger partial charge in [0.05, 0.1) is 5.56 Å². The summed E-state index contributed by atoms with van der Waals surface area (Å²) in [6.45, 7) is 3.36. The van der Waals surface area contributed by atoms with Crippen LogP contribution in [0, 0.1) is 0 Å². The van der Waals surface area contributed by atoms with Gasteiger partial charge in [-0.05, 0) is 12.0 Å². The molecule has 82 valence electrons. The van der Waals surface area contributed by atoms with E-state index in [0.717, 1.165) is 6.07 Å². The lowest BCUT2D eigenvalue weighted by Gasteiger charge is -2.13. The summed E-state index contributed by atoms with van der Waals surface area (Å²) in [6.07, 6.45) is 0. The predicted molar refractivity (Wildman–Crippen MR) is 52.5 cm³/mol. The summed E-state index contributed by atoms with van der Waals surface area (Å²) in [7, 11) is 0. The molecule has 0 unspecified atom stereocenters. The molecule has 5 heteroatoms. The Morgan fingerprint density at radius 3 is 2.13 bits per heavy atom. The van der Waals surface area contributed by atoms with Crippen LogP contribution >= 0.6 is 0 Å². The van der Waals surface area contributed by atoms with E-state index >= 15 is 0 Å². The molecule has 1 aromatic rings. The Morgan fingerprint density at radius 1 is 1.20 bits per heavy atom. The Hall–Kier alpha value is -1.91. The normalized spacial score (nSPS) is 10.6. The van der Waals surface area contributed by atoms with E-state index in [2.05, 4.69) is 0 Å². The van der Waals surface area contributed by atoms with E-state index in [0.29, 0.717) is 0 Å². The number of carbonyl (C=O) groups is 1. The number of phenols is 3. The second-order valence-electron chi connectivity index (χ2n) is 3.51. The van der Waals surface area contributed by atoms with Crippen LogP contribution in [-0.4, -0.2) is 26.4 Å². The molecule has 0 fully saturated rings. The lowest BCUT2D eigenvalue weighted by Crippen LogP contribution is -2.04. The highest BCUT2D eigenvalue weighted by Gasteiger charge is 2.22. The minimum absolute atomic E-state index is 0.109. The minimum Gasteiger partial charge on any atom is -0.504 e. The number of benzene rings is 1. The lowest BCUT2D eigenvalue weighted by molar-refractivity contribution is 0.0694. The van der Waals surface area contributed by atoms with E-state index < -0.39 is 23.2 Å². The van der Waals surface area contributed by atoms with Crippen molar-refractivity contribution in [3.8, 4) is 17.2 Å². The molecule has 0 heterocycles. The average Bonchev–Trinajstić information content (AvgIpc) is 2.12. The Labute approximate surface area is 86.2 Å². The monoisotopic (exact) mass is 212 g/mol. The molecule has 0 saturated heterocycles. The summed E-state index contributed by atoms with van der Waals surface area (Å²) in [4.78, 5) is 10.8. The topological polar surface area (TPSA) is 98.0 Å². The second-order valence-corrected chi connectivity index (χ2v) is 3.51. The standard InChI is InChI=1S/C10H12O5/c1-4(2)7-5(10(14)15)3-6(11)8(12)9(7)13/h3-4,11-13H,1-2H3,(H,14,15). The number of phenolic OH excluding ortho intramolecular Hbond substituents is 3. The van der Waals surface area contributed by atoms with Crippen molar-refractivity contribution in [3.63, 3.8) is 0 Å². The number of hydrogen-bond acceptors (Lipinski definition) is 4. The first-order chi connectivity index (χ1) is 6.86. The summed E-state index contributed by atoms with van der Waals surface area (Å²) < 4.78 is 0. The summed E-state index contributed by atoms with van der Waals surface area (Å²) in [5, 5.41) is 36.8. The molecule has 0 saturated carbocycles. The molecule has 0 radical (unpaired) electrons. The van der Waals surface area contributed by atoms with Gasteiger partial charge < -0.3 is 20.4 Å². The molecule has 0 spiro atoms. The van der Waals surface area contributed by atoms with Gasteiger partial charge in [0.1, 0.15) is 0 Å². The van der Waals surface area contributed by atoms with Crippen LogP contribution in [0.3, 0.4) is 0 Å². The quantitative estimate of drug-likeness (QED) is 0.558. The number of hydrogen-bond donors (Lipinski definition) is 4. The van der Waals surface area contributed by atoms with Gasteiger partial charge in [-0.2, -0.15) is 0 Å². The van der Waals surface area contributed by atoms with E-state index in [-0.39, 0.29) is 17.0 Å². The number of carboxylic acids is 1. The molecule has 0 amide bonds.